The van der Waals surface area contributed by atoms with Gasteiger partial charge in [0, 0.05) is 19.1 Å². The van der Waals surface area contributed by atoms with Gasteiger partial charge in [-0.25, -0.2) is 0 Å². The van der Waals surface area contributed by atoms with Gasteiger partial charge in [0.25, 0.3) is 0 Å². The van der Waals surface area contributed by atoms with Gasteiger partial charge < -0.3 is 14.8 Å². The lowest BCUT2D eigenvalue weighted by molar-refractivity contribution is 0.103. The predicted molar refractivity (Wildman–Crippen MR) is 75.6 cm³/mol. The smallest absolute Gasteiger partial charge is 0.122 e. The highest BCUT2D eigenvalue weighted by atomic mass is 16.5. The molecule has 0 bridgehead atoms. The molecule has 19 heavy (non-hydrogen) atoms. The molecule has 1 N–H and O–H groups in total. The summed E-state index contributed by atoms with van der Waals surface area (Å²) in [4.78, 5) is 0. The van der Waals surface area contributed by atoms with Crippen molar-refractivity contribution >= 4 is 0 Å². The second-order valence-electron chi connectivity index (χ2n) is 5.57. The maximum Gasteiger partial charge on any atom is 0.122 e. The van der Waals surface area contributed by atoms with Gasteiger partial charge in [0.2, 0.25) is 0 Å². The summed E-state index contributed by atoms with van der Waals surface area (Å²) in [5.41, 5.74) is 2.71. The van der Waals surface area contributed by atoms with Crippen molar-refractivity contribution in [2.24, 2.45) is 0 Å². The molecule has 0 radical (unpaired) electrons. The summed E-state index contributed by atoms with van der Waals surface area (Å²) in [6.45, 7) is 5.04. The number of nitrogens with one attached hydrogen (secondary N) is 1. The average Bonchev–Trinajstić information content (AvgIpc) is 3.08. The third-order valence-electron chi connectivity index (χ3n) is 4.15. The van der Waals surface area contributed by atoms with Gasteiger partial charge in [-0.3, -0.25) is 0 Å². The molecule has 2 aliphatic rings. The van der Waals surface area contributed by atoms with E-state index in [1.54, 1.807) is 0 Å². The summed E-state index contributed by atoms with van der Waals surface area (Å²) >= 11 is 0. The Balaban J connectivity index is 1.50. The minimum atomic E-state index is 0.396. The lowest BCUT2D eigenvalue weighted by Crippen LogP contribution is -2.23. The van der Waals surface area contributed by atoms with Gasteiger partial charge >= 0.3 is 0 Å². The van der Waals surface area contributed by atoms with Crippen LogP contribution >= 0.6 is 0 Å². The zero-order chi connectivity index (χ0) is 13.1. The van der Waals surface area contributed by atoms with Crippen LogP contribution in [0.2, 0.25) is 0 Å². The quantitative estimate of drug-likeness (QED) is 0.884. The maximum absolute atomic E-state index is 5.64. The first-order valence-corrected chi connectivity index (χ1v) is 7.43. The first kappa shape index (κ1) is 12.9. The third-order valence-corrected chi connectivity index (χ3v) is 4.15. The van der Waals surface area contributed by atoms with E-state index < -0.39 is 0 Å². The Morgan fingerprint density at radius 3 is 3.16 bits per heavy atom. The molecule has 1 aromatic rings. The first-order valence-electron chi connectivity index (χ1n) is 7.43. The molecule has 3 heteroatoms. The molecule has 0 aromatic heterocycles. The van der Waals surface area contributed by atoms with Crippen LogP contribution < -0.4 is 10.1 Å². The van der Waals surface area contributed by atoms with Crippen LogP contribution in [0, 0.1) is 0 Å². The molecule has 0 saturated carbocycles. The Kier molecular flexibility index (Phi) is 4.04. The molecule has 0 aliphatic carbocycles. The molecular weight excluding hydrogens is 238 g/mol. The van der Waals surface area contributed by atoms with E-state index in [2.05, 4.69) is 30.4 Å². The van der Waals surface area contributed by atoms with Crippen molar-refractivity contribution in [3.05, 3.63) is 29.3 Å². The summed E-state index contributed by atoms with van der Waals surface area (Å²) < 4.78 is 11.2. The van der Waals surface area contributed by atoms with Gasteiger partial charge in [0.05, 0.1) is 12.7 Å². The second-order valence-corrected chi connectivity index (χ2v) is 5.57. The molecule has 0 spiro atoms. The summed E-state index contributed by atoms with van der Waals surface area (Å²) in [6, 6.07) is 6.96. The van der Waals surface area contributed by atoms with Crippen LogP contribution in [0.1, 0.15) is 43.4 Å². The Morgan fingerprint density at radius 2 is 2.32 bits per heavy atom. The number of fused-ring (bicyclic) bond motifs is 1. The van der Waals surface area contributed by atoms with Crippen molar-refractivity contribution in [3.63, 3.8) is 0 Å². The lowest BCUT2D eigenvalue weighted by Gasteiger charge is -2.16. The highest BCUT2D eigenvalue weighted by Gasteiger charge is 2.16. The number of benzene rings is 1. The molecular formula is C16H23NO2. The number of rotatable bonds is 5. The van der Waals surface area contributed by atoms with Crippen LogP contribution in [0.5, 0.6) is 5.75 Å². The Morgan fingerprint density at radius 1 is 1.37 bits per heavy atom. The summed E-state index contributed by atoms with van der Waals surface area (Å²) in [7, 11) is 0. The van der Waals surface area contributed by atoms with Crippen molar-refractivity contribution in [3.8, 4) is 5.75 Å². The van der Waals surface area contributed by atoms with Gasteiger partial charge in [-0.1, -0.05) is 12.1 Å². The standard InChI is InChI=1S/C16H23NO2/c1-12(17-8-6-15-3-2-9-18-15)13-4-5-16-14(11-13)7-10-19-16/h4-5,11-12,15,17H,2-3,6-10H2,1H3. The highest BCUT2D eigenvalue weighted by molar-refractivity contribution is 5.40. The van der Waals surface area contributed by atoms with Gasteiger partial charge in [-0.05, 0) is 49.9 Å². The van der Waals surface area contributed by atoms with Crippen LogP contribution in [-0.4, -0.2) is 25.9 Å². The van der Waals surface area contributed by atoms with Gasteiger partial charge in [-0.15, -0.1) is 0 Å². The van der Waals surface area contributed by atoms with Crippen LogP contribution in [0.25, 0.3) is 0 Å². The molecule has 2 unspecified atom stereocenters. The minimum absolute atomic E-state index is 0.396. The minimum Gasteiger partial charge on any atom is -0.493 e. The normalized spacial score (nSPS) is 23.1. The predicted octanol–water partition coefficient (Wildman–Crippen LogP) is 2.84. The molecule has 0 amide bonds. The van der Waals surface area contributed by atoms with Crippen molar-refractivity contribution in [1.29, 1.82) is 0 Å². The summed E-state index contributed by atoms with van der Waals surface area (Å²) in [6.07, 6.45) is 5.11. The molecule has 3 nitrogen and oxygen atoms in total. The molecule has 3 rings (SSSR count). The van der Waals surface area contributed by atoms with Crippen molar-refractivity contribution in [1.82, 2.24) is 5.32 Å². The van der Waals surface area contributed by atoms with E-state index in [4.69, 9.17) is 9.47 Å². The zero-order valence-corrected chi connectivity index (χ0v) is 11.7. The lowest BCUT2D eigenvalue weighted by atomic mass is 10.0. The van der Waals surface area contributed by atoms with Gasteiger partial charge in [0.1, 0.15) is 5.75 Å². The average molecular weight is 261 g/mol. The Labute approximate surface area is 115 Å². The van der Waals surface area contributed by atoms with Crippen LogP contribution in [0.3, 0.4) is 0 Å². The monoisotopic (exact) mass is 261 g/mol. The molecule has 1 aromatic carbocycles. The molecule has 1 saturated heterocycles. The highest BCUT2D eigenvalue weighted by Crippen LogP contribution is 2.28. The molecule has 2 atom stereocenters. The largest absolute Gasteiger partial charge is 0.493 e. The van der Waals surface area contributed by atoms with E-state index in [1.807, 2.05) is 0 Å². The fourth-order valence-corrected chi connectivity index (χ4v) is 2.93. The van der Waals surface area contributed by atoms with Gasteiger partial charge in [0.15, 0.2) is 0 Å². The van der Waals surface area contributed by atoms with E-state index in [-0.39, 0.29) is 0 Å². The number of hydrogen-bond donors (Lipinski definition) is 1. The Bertz CT molecular complexity index is 427. The van der Waals surface area contributed by atoms with E-state index in [1.165, 1.54) is 24.0 Å². The van der Waals surface area contributed by atoms with E-state index in [0.717, 1.165) is 38.3 Å². The van der Waals surface area contributed by atoms with E-state index >= 15 is 0 Å². The number of hydrogen-bond acceptors (Lipinski definition) is 3. The number of ether oxygens (including phenoxy) is 2. The molecule has 1 fully saturated rings. The second kappa shape index (κ2) is 5.93. The topological polar surface area (TPSA) is 30.5 Å². The van der Waals surface area contributed by atoms with Crippen molar-refractivity contribution in [2.75, 3.05) is 19.8 Å². The SMILES string of the molecule is CC(NCCC1CCCO1)c1ccc2c(c1)CCO2. The van der Waals surface area contributed by atoms with Crippen LogP contribution in [-0.2, 0) is 11.2 Å². The first-order chi connectivity index (χ1) is 9.33. The Hall–Kier alpha value is -1.06. The summed E-state index contributed by atoms with van der Waals surface area (Å²) in [5, 5.41) is 3.60. The molecule has 2 aliphatic heterocycles. The van der Waals surface area contributed by atoms with E-state index in [9.17, 15) is 0 Å². The van der Waals surface area contributed by atoms with Crippen molar-refractivity contribution < 1.29 is 9.47 Å². The molecule has 104 valence electrons. The zero-order valence-electron chi connectivity index (χ0n) is 11.7. The van der Waals surface area contributed by atoms with Crippen molar-refractivity contribution in [2.45, 2.75) is 44.8 Å². The van der Waals surface area contributed by atoms with Crippen LogP contribution in [0.4, 0.5) is 0 Å². The third kappa shape index (κ3) is 3.10. The van der Waals surface area contributed by atoms with Gasteiger partial charge in [-0.2, -0.15) is 0 Å². The fourth-order valence-electron chi connectivity index (χ4n) is 2.93. The summed E-state index contributed by atoms with van der Waals surface area (Å²) in [5.74, 6) is 1.07. The fraction of sp³-hybridized carbons (Fsp3) is 0.625. The molecule has 2 heterocycles. The van der Waals surface area contributed by atoms with E-state index in [0.29, 0.717) is 12.1 Å². The van der Waals surface area contributed by atoms with Crippen LogP contribution in [0.15, 0.2) is 18.2 Å². The maximum atomic E-state index is 5.64.